The summed E-state index contributed by atoms with van der Waals surface area (Å²) in [6, 6.07) is 22.1. The van der Waals surface area contributed by atoms with Crippen molar-refractivity contribution in [3.63, 3.8) is 0 Å². The first-order valence-electron chi connectivity index (χ1n) is 11.4. The van der Waals surface area contributed by atoms with Crippen LogP contribution >= 0.6 is 11.8 Å². The third-order valence-corrected chi connectivity index (χ3v) is 6.25. The topological polar surface area (TPSA) is 84.9 Å². The molecule has 3 amide bonds. The highest BCUT2D eigenvalue weighted by atomic mass is 32.2. The Bertz CT molecular complexity index is 1300. The van der Waals surface area contributed by atoms with Crippen LogP contribution in [0.5, 0.6) is 11.5 Å². The first-order chi connectivity index (χ1) is 17.4. The first-order valence-corrected chi connectivity index (χ1v) is 12.2. The maximum atomic E-state index is 12.9. The Hall–Kier alpha value is -4.04. The number of anilines is 1. The molecule has 0 aromatic heterocycles. The molecule has 184 valence electrons. The highest BCUT2D eigenvalue weighted by Crippen LogP contribution is 2.34. The first kappa shape index (κ1) is 25.1. The summed E-state index contributed by atoms with van der Waals surface area (Å²) in [6.45, 7) is 4.08. The van der Waals surface area contributed by atoms with Crippen molar-refractivity contribution in [3.8, 4) is 11.5 Å². The lowest BCUT2D eigenvalue weighted by Crippen LogP contribution is -2.32. The van der Waals surface area contributed by atoms with Gasteiger partial charge < -0.3 is 14.8 Å². The van der Waals surface area contributed by atoms with Crippen molar-refractivity contribution in [3.05, 3.63) is 94.4 Å². The zero-order valence-corrected chi connectivity index (χ0v) is 20.8. The van der Waals surface area contributed by atoms with Crippen LogP contribution in [0.25, 0.3) is 6.08 Å². The van der Waals surface area contributed by atoms with Crippen LogP contribution < -0.4 is 14.8 Å². The van der Waals surface area contributed by atoms with Gasteiger partial charge in [0, 0.05) is 11.3 Å². The summed E-state index contributed by atoms with van der Waals surface area (Å²) in [5.41, 5.74) is 3.45. The summed E-state index contributed by atoms with van der Waals surface area (Å²) < 4.78 is 11.4. The van der Waals surface area contributed by atoms with Crippen molar-refractivity contribution in [2.45, 2.75) is 13.8 Å². The number of carbonyl (C=O) groups excluding carboxylic acids is 3. The average molecular weight is 503 g/mol. The molecule has 0 bridgehead atoms. The summed E-state index contributed by atoms with van der Waals surface area (Å²) in [4.78, 5) is 39.1. The van der Waals surface area contributed by atoms with E-state index in [4.69, 9.17) is 9.47 Å². The van der Waals surface area contributed by atoms with E-state index in [-0.39, 0.29) is 41.7 Å². The average Bonchev–Trinajstić information content (AvgIpc) is 3.12. The van der Waals surface area contributed by atoms with E-state index in [2.05, 4.69) is 5.32 Å². The Morgan fingerprint density at radius 2 is 1.72 bits per heavy atom. The molecule has 3 aromatic carbocycles. The van der Waals surface area contributed by atoms with Crippen LogP contribution in [0.1, 0.15) is 16.7 Å². The lowest BCUT2D eigenvalue weighted by molar-refractivity contribution is -0.123. The minimum Gasteiger partial charge on any atom is -0.492 e. The monoisotopic (exact) mass is 502 g/mol. The number of nitrogens with one attached hydrogen (secondary N) is 1. The third-order valence-electron chi connectivity index (χ3n) is 5.34. The van der Waals surface area contributed by atoms with E-state index in [0.29, 0.717) is 22.7 Å². The predicted octanol–water partition coefficient (Wildman–Crippen LogP) is 5.44. The molecule has 1 saturated heterocycles. The largest absolute Gasteiger partial charge is 0.492 e. The number of aryl methyl sites for hydroxylation is 2. The van der Waals surface area contributed by atoms with Gasteiger partial charge in [-0.2, -0.15) is 0 Å². The molecule has 36 heavy (non-hydrogen) atoms. The lowest BCUT2D eigenvalue weighted by Gasteiger charge is -2.13. The molecule has 0 aliphatic carbocycles. The van der Waals surface area contributed by atoms with Gasteiger partial charge in [-0.05, 0) is 67.6 Å². The van der Waals surface area contributed by atoms with Gasteiger partial charge in [0.2, 0.25) is 0 Å². The molecular formula is C28H26N2O5S. The molecule has 0 radical (unpaired) electrons. The highest BCUT2D eigenvalue weighted by Gasteiger charge is 2.35. The molecule has 4 rings (SSSR count). The van der Waals surface area contributed by atoms with Crippen LogP contribution in [0.2, 0.25) is 0 Å². The fourth-order valence-electron chi connectivity index (χ4n) is 3.52. The van der Waals surface area contributed by atoms with E-state index < -0.39 is 0 Å². The van der Waals surface area contributed by atoms with Gasteiger partial charge in [0.15, 0.2) is 6.61 Å². The zero-order valence-electron chi connectivity index (χ0n) is 20.0. The molecule has 1 fully saturated rings. The Balaban J connectivity index is 1.36. The summed E-state index contributed by atoms with van der Waals surface area (Å²) in [7, 11) is 0. The summed E-state index contributed by atoms with van der Waals surface area (Å²) in [5, 5.41) is 2.45. The number of hydrogen-bond acceptors (Lipinski definition) is 6. The van der Waals surface area contributed by atoms with Gasteiger partial charge in [-0.15, -0.1) is 0 Å². The molecule has 0 unspecified atom stereocenters. The predicted molar refractivity (Wildman–Crippen MR) is 141 cm³/mol. The van der Waals surface area contributed by atoms with Crippen molar-refractivity contribution in [1.29, 1.82) is 0 Å². The second kappa shape index (κ2) is 11.6. The Kier molecular flexibility index (Phi) is 8.07. The van der Waals surface area contributed by atoms with Crippen LogP contribution in [-0.2, 0) is 9.59 Å². The minimum atomic E-state index is -0.385. The van der Waals surface area contributed by atoms with Crippen LogP contribution in [0.3, 0.4) is 0 Å². The van der Waals surface area contributed by atoms with E-state index in [1.54, 1.807) is 36.4 Å². The fourth-order valence-corrected chi connectivity index (χ4v) is 4.37. The molecule has 0 saturated carbocycles. The summed E-state index contributed by atoms with van der Waals surface area (Å²) in [5.74, 6) is 0.431. The number of amides is 3. The fraction of sp³-hybridized carbons (Fsp3) is 0.179. The number of para-hydroxylation sites is 1. The number of hydrogen-bond donors (Lipinski definition) is 1. The van der Waals surface area contributed by atoms with Crippen LogP contribution in [0.15, 0.2) is 77.7 Å². The highest BCUT2D eigenvalue weighted by molar-refractivity contribution is 8.18. The van der Waals surface area contributed by atoms with Gasteiger partial charge in [-0.3, -0.25) is 19.3 Å². The van der Waals surface area contributed by atoms with Crippen molar-refractivity contribution >= 4 is 40.6 Å². The number of rotatable bonds is 9. The van der Waals surface area contributed by atoms with Crippen LogP contribution in [-0.4, -0.2) is 41.7 Å². The van der Waals surface area contributed by atoms with E-state index in [0.717, 1.165) is 22.9 Å². The smallest absolute Gasteiger partial charge is 0.293 e. The van der Waals surface area contributed by atoms with E-state index in [9.17, 15) is 14.4 Å². The van der Waals surface area contributed by atoms with Crippen molar-refractivity contribution in [1.82, 2.24) is 4.90 Å². The number of ether oxygens (including phenoxy) is 2. The molecule has 3 aromatic rings. The summed E-state index contributed by atoms with van der Waals surface area (Å²) >= 11 is 0.869. The Labute approximate surface area is 214 Å². The minimum absolute atomic E-state index is 0.146. The number of nitrogens with zero attached hydrogens (tertiary/aromatic N) is 1. The molecule has 1 aliphatic rings. The van der Waals surface area contributed by atoms with Gasteiger partial charge in [0.25, 0.3) is 17.1 Å². The SMILES string of the molecule is Cc1ccc(OCCN2C(=O)S/C(=C\c3ccccc3OCC(=O)Nc3cccc(C)c3)C2=O)cc1. The molecule has 1 N–H and O–H groups in total. The van der Waals surface area contributed by atoms with E-state index in [1.807, 2.05) is 56.3 Å². The maximum Gasteiger partial charge on any atom is 0.293 e. The van der Waals surface area contributed by atoms with Crippen molar-refractivity contribution < 1.29 is 23.9 Å². The van der Waals surface area contributed by atoms with E-state index in [1.165, 1.54) is 4.90 Å². The van der Waals surface area contributed by atoms with Crippen molar-refractivity contribution in [2.75, 3.05) is 25.1 Å². The molecule has 0 atom stereocenters. The van der Waals surface area contributed by atoms with Gasteiger partial charge in [-0.25, -0.2) is 0 Å². The van der Waals surface area contributed by atoms with Gasteiger partial charge in [0.05, 0.1) is 11.4 Å². The van der Waals surface area contributed by atoms with Gasteiger partial charge in [-0.1, -0.05) is 48.0 Å². The number of benzene rings is 3. The third kappa shape index (κ3) is 6.55. The number of imide groups is 1. The quantitative estimate of drug-likeness (QED) is 0.393. The molecule has 1 aliphatic heterocycles. The lowest BCUT2D eigenvalue weighted by atomic mass is 10.2. The molecule has 0 spiro atoms. The van der Waals surface area contributed by atoms with Crippen LogP contribution in [0, 0.1) is 13.8 Å². The van der Waals surface area contributed by atoms with Crippen molar-refractivity contribution in [2.24, 2.45) is 0 Å². The standard InChI is InChI=1S/C28H26N2O5S/c1-19-10-12-23(13-11-19)34-15-14-30-27(32)25(36-28(30)33)17-21-7-3-4-9-24(21)35-18-26(31)29-22-8-5-6-20(2)16-22/h3-13,16-17H,14-15,18H2,1-2H3,(H,29,31)/b25-17-. The maximum absolute atomic E-state index is 12.9. The van der Waals surface area contributed by atoms with Gasteiger partial charge >= 0.3 is 0 Å². The second-order valence-electron chi connectivity index (χ2n) is 8.24. The zero-order chi connectivity index (χ0) is 25.5. The molecule has 7 nitrogen and oxygen atoms in total. The second-order valence-corrected chi connectivity index (χ2v) is 9.23. The normalized spacial score (nSPS) is 14.3. The Morgan fingerprint density at radius 1 is 0.944 bits per heavy atom. The summed E-state index contributed by atoms with van der Waals surface area (Å²) in [6.07, 6.45) is 1.61. The molecular weight excluding hydrogens is 476 g/mol. The number of thioether (sulfide) groups is 1. The Morgan fingerprint density at radius 3 is 2.50 bits per heavy atom. The molecule has 8 heteroatoms. The van der Waals surface area contributed by atoms with E-state index >= 15 is 0 Å². The van der Waals surface area contributed by atoms with Gasteiger partial charge in [0.1, 0.15) is 18.1 Å². The van der Waals surface area contributed by atoms with Crippen LogP contribution in [0.4, 0.5) is 10.5 Å². The molecule has 1 heterocycles. The number of carbonyl (C=O) groups is 3.